The first kappa shape index (κ1) is 20.2. The van der Waals surface area contributed by atoms with Crippen LogP contribution in [0.25, 0.3) is 11.1 Å². The molecule has 2 nitrogen and oxygen atoms in total. The van der Waals surface area contributed by atoms with Crippen molar-refractivity contribution in [1.82, 2.24) is 0 Å². The van der Waals surface area contributed by atoms with Crippen LogP contribution in [0.3, 0.4) is 0 Å². The molecule has 0 N–H and O–H groups in total. The Kier molecular flexibility index (Phi) is 6.79. The number of rotatable bonds is 6. The summed E-state index contributed by atoms with van der Waals surface area (Å²) in [5.74, 6) is -2.16. The second-order valence-electron chi connectivity index (χ2n) is 6.85. The van der Waals surface area contributed by atoms with Crippen molar-refractivity contribution in [2.75, 3.05) is 13.2 Å². The van der Waals surface area contributed by atoms with Gasteiger partial charge in [0.15, 0.2) is 17.9 Å². The summed E-state index contributed by atoms with van der Waals surface area (Å²) in [5, 5.41) is 0.157. The number of hydrogen-bond donors (Lipinski definition) is 0. The highest BCUT2D eigenvalue weighted by Crippen LogP contribution is 2.33. The van der Waals surface area contributed by atoms with E-state index in [1.807, 2.05) is 0 Å². The van der Waals surface area contributed by atoms with Crippen molar-refractivity contribution >= 4 is 11.6 Å². The lowest BCUT2D eigenvalue weighted by atomic mass is 10.0. The minimum absolute atomic E-state index is 0.0619. The molecule has 3 rings (SSSR count). The van der Waals surface area contributed by atoms with Gasteiger partial charge in [0.1, 0.15) is 5.82 Å². The van der Waals surface area contributed by atoms with Gasteiger partial charge in [0.05, 0.1) is 18.2 Å². The molecule has 2 aromatic rings. The van der Waals surface area contributed by atoms with Gasteiger partial charge in [-0.1, -0.05) is 31.0 Å². The fourth-order valence-corrected chi connectivity index (χ4v) is 3.65. The van der Waals surface area contributed by atoms with E-state index in [-0.39, 0.29) is 22.4 Å². The van der Waals surface area contributed by atoms with Crippen molar-refractivity contribution in [3.8, 4) is 11.1 Å². The largest absolute Gasteiger partial charge is 0.352 e. The molecule has 27 heavy (non-hydrogen) atoms. The number of halogens is 4. The maximum atomic E-state index is 14.6. The molecule has 0 saturated carbocycles. The van der Waals surface area contributed by atoms with E-state index < -0.39 is 17.5 Å². The number of benzene rings is 2. The van der Waals surface area contributed by atoms with Crippen LogP contribution < -0.4 is 0 Å². The third kappa shape index (κ3) is 5.03. The third-order valence-corrected chi connectivity index (χ3v) is 5.01. The van der Waals surface area contributed by atoms with Crippen molar-refractivity contribution in [2.45, 2.75) is 38.9 Å². The zero-order chi connectivity index (χ0) is 19.4. The summed E-state index contributed by atoms with van der Waals surface area (Å²) in [7, 11) is 0. The van der Waals surface area contributed by atoms with Crippen LogP contribution in [0.5, 0.6) is 0 Å². The number of aryl methyl sites for hydroxylation is 1. The van der Waals surface area contributed by atoms with Crippen LogP contribution in [-0.2, 0) is 15.9 Å². The molecule has 1 aliphatic heterocycles. The van der Waals surface area contributed by atoms with Gasteiger partial charge in [-0.3, -0.25) is 0 Å². The lowest BCUT2D eigenvalue weighted by Crippen LogP contribution is -2.32. The lowest BCUT2D eigenvalue weighted by Gasteiger charge is -2.29. The number of hydrogen-bond acceptors (Lipinski definition) is 2. The van der Waals surface area contributed by atoms with Crippen LogP contribution in [-0.4, -0.2) is 19.5 Å². The third-order valence-electron chi connectivity index (χ3n) is 4.71. The van der Waals surface area contributed by atoms with Crippen LogP contribution in [0.1, 0.15) is 31.7 Å². The fraction of sp³-hybridized carbons (Fsp3) is 0.429. The molecule has 0 radical (unpaired) electrons. The van der Waals surface area contributed by atoms with Gasteiger partial charge in [0.2, 0.25) is 0 Å². The van der Waals surface area contributed by atoms with E-state index >= 15 is 0 Å². The second-order valence-corrected chi connectivity index (χ2v) is 7.26. The Bertz CT molecular complexity index is 766. The summed E-state index contributed by atoms with van der Waals surface area (Å²) in [5.41, 5.74) is 0.961. The van der Waals surface area contributed by atoms with E-state index in [4.69, 9.17) is 21.1 Å². The molecule has 0 amide bonds. The SMILES string of the molecule is CCCC1COC(CCc2cc(F)c(-c3ccc(F)c(F)c3)c(Cl)c2)OC1. The first-order valence-corrected chi connectivity index (χ1v) is 9.52. The highest BCUT2D eigenvalue weighted by Gasteiger charge is 2.22. The average molecular weight is 399 g/mol. The molecule has 0 aromatic heterocycles. The maximum Gasteiger partial charge on any atom is 0.159 e. The molecule has 2 aromatic carbocycles. The molecule has 0 bridgehead atoms. The van der Waals surface area contributed by atoms with E-state index in [1.165, 1.54) is 12.1 Å². The molecule has 0 unspecified atom stereocenters. The molecule has 0 spiro atoms. The van der Waals surface area contributed by atoms with E-state index in [1.54, 1.807) is 6.07 Å². The first-order valence-electron chi connectivity index (χ1n) is 9.14. The van der Waals surface area contributed by atoms with E-state index in [0.29, 0.717) is 37.5 Å². The zero-order valence-corrected chi connectivity index (χ0v) is 15.9. The highest BCUT2D eigenvalue weighted by atomic mass is 35.5. The predicted molar refractivity (Wildman–Crippen MR) is 99.2 cm³/mol. The van der Waals surface area contributed by atoms with Crippen LogP contribution in [0.2, 0.25) is 5.02 Å². The molecule has 146 valence electrons. The predicted octanol–water partition coefficient (Wildman–Crippen LogP) is 6.15. The van der Waals surface area contributed by atoms with Gasteiger partial charge < -0.3 is 9.47 Å². The topological polar surface area (TPSA) is 18.5 Å². The van der Waals surface area contributed by atoms with Gasteiger partial charge in [0, 0.05) is 17.9 Å². The van der Waals surface area contributed by atoms with Gasteiger partial charge in [-0.15, -0.1) is 0 Å². The monoisotopic (exact) mass is 398 g/mol. The van der Waals surface area contributed by atoms with Crippen molar-refractivity contribution in [3.63, 3.8) is 0 Å². The first-order chi connectivity index (χ1) is 13.0. The Morgan fingerprint density at radius 1 is 0.963 bits per heavy atom. The smallest absolute Gasteiger partial charge is 0.159 e. The second kappa shape index (κ2) is 9.09. The van der Waals surface area contributed by atoms with Crippen LogP contribution in [0.15, 0.2) is 30.3 Å². The van der Waals surface area contributed by atoms with Crippen molar-refractivity contribution in [2.24, 2.45) is 5.92 Å². The van der Waals surface area contributed by atoms with Crippen molar-refractivity contribution in [3.05, 3.63) is 58.4 Å². The van der Waals surface area contributed by atoms with E-state index in [0.717, 1.165) is 25.0 Å². The zero-order valence-electron chi connectivity index (χ0n) is 15.1. The van der Waals surface area contributed by atoms with Crippen molar-refractivity contribution < 1.29 is 22.6 Å². The molecular weight excluding hydrogens is 377 g/mol. The fourth-order valence-electron chi connectivity index (χ4n) is 3.31. The lowest BCUT2D eigenvalue weighted by molar-refractivity contribution is -0.203. The molecule has 1 saturated heterocycles. The highest BCUT2D eigenvalue weighted by molar-refractivity contribution is 6.33. The Labute approximate surface area is 162 Å². The maximum absolute atomic E-state index is 14.6. The Morgan fingerprint density at radius 3 is 2.33 bits per heavy atom. The normalized spacial score (nSPS) is 20.0. The Hall–Kier alpha value is -1.56. The molecule has 1 heterocycles. The van der Waals surface area contributed by atoms with Gasteiger partial charge in [-0.25, -0.2) is 13.2 Å². The summed E-state index contributed by atoms with van der Waals surface area (Å²) in [6.07, 6.45) is 3.02. The van der Waals surface area contributed by atoms with Gasteiger partial charge in [-0.2, -0.15) is 0 Å². The summed E-state index contributed by atoms with van der Waals surface area (Å²) in [4.78, 5) is 0. The molecular formula is C21H22ClF3O2. The molecule has 6 heteroatoms. The van der Waals surface area contributed by atoms with Crippen LogP contribution >= 0.6 is 11.6 Å². The number of ether oxygens (including phenoxy) is 2. The summed E-state index contributed by atoms with van der Waals surface area (Å²) >= 11 is 6.22. The summed E-state index contributed by atoms with van der Waals surface area (Å²) in [6, 6.07) is 6.21. The molecule has 0 aliphatic carbocycles. The van der Waals surface area contributed by atoms with E-state index in [2.05, 4.69) is 6.92 Å². The van der Waals surface area contributed by atoms with Gasteiger partial charge >= 0.3 is 0 Å². The minimum Gasteiger partial charge on any atom is -0.352 e. The quantitative estimate of drug-likeness (QED) is 0.581. The molecule has 1 fully saturated rings. The van der Waals surface area contributed by atoms with Crippen LogP contribution in [0, 0.1) is 23.4 Å². The van der Waals surface area contributed by atoms with Crippen molar-refractivity contribution in [1.29, 1.82) is 0 Å². The van der Waals surface area contributed by atoms with Gasteiger partial charge in [0.25, 0.3) is 0 Å². The van der Waals surface area contributed by atoms with E-state index in [9.17, 15) is 13.2 Å². The minimum atomic E-state index is -1.04. The van der Waals surface area contributed by atoms with Gasteiger partial charge in [-0.05, 0) is 48.2 Å². The Balaban J connectivity index is 1.65. The Morgan fingerprint density at radius 2 is 1.70 bits per heavy atom. The average Bonchev–Trinajstić information content (AvgIpc) is 2.64. The molecule has 0 atom stereocenters. The standard InChI is InChI=1S/C21H22ClF3O2/c1-2-3-14-11-26-20(27-12-14)7-4-13-8-16(22)21(19(25)9-13)15-5-6-17(23)18(24)10-15/h5-6,8-10,14,20H,2-4,7,11-12H2,1H3. The summed E-state index contributed by atoms with van der Waals surface area (Å²) in [6.45, 7) is 3.50. The van der Waals surface area contributed by atoms with Crippen LogP contribution in [0.4, 0.5) is 13.2 Å². The molecule has 1 aliphatic rings. The summed E-state index contributed by atoms with van der Waals surface area (Å²) < 4.78 is 52.5.